The lowest BCUT2D eigenvalue weighted by molar-refractivity contribution is 0.603. The Morgan fingerprint density at radius 1 is 1.31 bits per heavy atom. The van der Waals surface area contributed by atoms with Crippen molar-refractivity contribution in [3.8, 4) is 0 Å². The molecule has 1 aromatic rings. The van der Waals surface area contributed by atoms with Crippen LogP contribution in [0.5, 0.6) is 0 Å². The van der Waals surface area contributed by atoms with Gasteiger partial charge in [0.2, 0.25) is 0 Å². The largest absolute Gasteiger partial charge is 0.314 e. The smallest absolute Gasteiger partial charge is 0.0108 e. The first-order valence-corrected chi connectivity index (χ1v) is 5.13. The van der Waals surface area contributed by atoms with Crippen molar-refractivity contribution in [3.05, 3.63) is 35.4 Å². The second-order valence-corrected chi connectivity index (χ2v) is 3.98. The van der Waals surface area contributed by atoms with Crippen LogP contribution in [0.4, 0.5) is 0 Å². The molecule has 0 saturated carbocycles. The van der Waals surface area contributed by atoms with Crippen LogP contribution in [-0.2, 0) is 6.42 Å². The summed E-state index contributed by atoms with van der Waals surface area (Å²) in [7, 11) is 0. The zero-order chi connectivity index (χ0) is 9.10. The highest BCUT2D eigenvalue weighted by Gasteiger charge is 2.13. The third-order valence-corrected chi connectivity index (χ3v) is 2.77. The summed E-state index contributed by atoms with van der Waals surface area (Å²) in [5.41, 5.74) is 2.81. The fraction of sp³-hybridized carbons (Fsp3) is 0.500. The van der Waals surface area contributed by atoms with Crippen molar-refractivity contribution in [2.45, 2.75) is 32.2 Å². The van der Waals surface area contributed by atoms with E-state index in [-0.39, 0.29) is 0 Å². The molecular formula is C12H17N. The number of nitrogens with one attached hydrogen (secondary N) is 1. The first kappa shape index (κ1) is 8.76. The van der Waals surface area contributed by atoms with E-state index in [1.165, 1.54) is 36.9 Å². The van der Waals surface area contributed by atoms with Crippen LogP contribution in [-0.4, -0.2) is 12.6 Å². The van der Waals surface area contributed by atoms with Crippen LogP contribution in [0, 0.1) is 6.92 Å². The van der Waals surface area contributed by atoms with E-state index >= 15 is 0 Å². The molecule has 1 aliphatic heterocycles. The summed E-state index contributed by atoms with van der Waals surface area (Å²) >= 11 is 0. The average Bonchev–Trinajstić information content (AvgIpc) is 2.62. The summed E-state index contributed by atoms with van der Waals surface area (Å²) in [4.78, 5) is 0. The first-order valence-electron chi connectivity index (χ1n) is 5.13. The van der Waals surface area contributed by atoms with Gasteiger partial charge in [-0.3, -0.25) is 0 Å². The minimum absolute atomic E-state index is 0.725. The van der Waals surface area contributed by atoms with E-state index in [0.717, 1.165) is 6.04 Å². The molecule has 0 spiro atoms. The minimum Gasteiger partial charge on any atom is -0.314 e. The summed E-state index contributed by atoms with van der Waals surface area (Å²) in [6.07, 6.45) is 3.88. The van der Waals surface area contributed by atoms with E-state index in [9.17, 15) is 0 Å². The van der Waals surface area contributed by atoms with Gasteiger partial charge >= 0.3 is 0 Å². The predicted octanol–water partition coefficient (Wildman–Crippen LogP) is 2.29. The molecule has 13 heavy (non-hydrogen) atoms. The molecule has 1 atom stereocenters. The summed E-state index contributed by atoms with van der Waals surface area (Å²) in [6.45, 7) is 3.34. The number of benzene rings is 1. The molecule has 1 saturated heterocycles. The maximum atomic E-state index is 3.52. The minimum atomic E-state index is 0.725. The molecule has 0 unspecified atom stereocenters. The van der Waals surface area contributed by atoms with Crippen LogP contribution in [0.2, 0.25) is 0 Å². The molecule has 1 aromatic carbocycles. The van der Waals surface area contributed by atoms with E-state index < -0.39 is 0 Å². The Balaban J connectivity index is 1.97. The topological polar surface area (TPSA) is 12.0 Å². The number of hydrogen-bond donors (Lipinski definition) is 1. The molecule has 1 nitrogen and oxygen atoms in total. The van der Waals surface area contributed by atoms with Crippen molar-refractivity contribution in [3.63, 3.8) is 0 Å². The van der Waals surface area contributed by atoms with Crippen molar-refractivity contribution in [2.24, 2.45) is 0 Å². The lowest BCUT2D eigenvalue weighted by Gasteiger charge is -2.09. The fourth-order valence-corrected chi connectivity index (χ4v) is 1.94. The third-order valence-electron chi connectivity index (χ3n) is 2.77. The summed E-state index contributed by atoms with van der Waals surface area (Å²) in [5.74, 6) is 0. The second-order valence-electron chi connectivity index (χ2n) is 3.98. The molecule has 0 aliphatic carbocycles. The molecular weight excluding hydrogens is 158 g/mol. The van der Waals surface area contributed by atoms with Gasteiger partial charge in [0.05, 0.1) is 0 Å². The van der Waals surface area contributed by atoms with Gasteiger partial charge in [-0.1, -0.05) is 29.8 Å². The molecule has 1 heteroatoms. The highest BCUT2D eigenvalue weighted by molar-refractivity contribution is 5.22. The Bertz CT molecular complexity index is 257. The number of hydrogen-bond acceptors (Lipinski definition) is 1. The van der Waals surface area contributed by atoms with Crippen LogP contribution in [0.1, 0.15) is 24.0 Å². The number of rotatable bonds is 2. The van der Waals surface area contributed by atoms with Crippen LogP contribution < -0.4 is 5.32 Å². The maximum Gasteiger partial charge on any atom is 0.0108 e. The van der Waals surface area contributed by atoms with Gasteiger partial charge in [-0.05, 0) is 38.3 Å². The van der Waals surface area contributed by atoms with Gasteiger partial charge in [0.1, 0.15) is 0 Å². The van der Waals surface area contributed by atoms with Gasteiger partial charge < -0.3 is 5.32 Å². The lowest BCUT2D eigenvalue weighted by atomic mass is 10.0. The van der Waals surface area contributed by atoms with Gasteiger partial charge in [0, 0.05) is 6.04 Å². The maximum absolute atomic E-state index is 3.52. The Kier molecular flexibility index (Phi) is 2.65. The molecule has 1 heterocycles. The van der Waals surface area contributed by atoms with E-state index in [1.807, 2.05) is 0 Å². The molecule has 0 amide bonds. The highest BCUT2D eigenvalue weighted by atomic mass is 14.9. The van der Waals surface area contributed by atoms with Gasteiger partial charge in [0.25, 0.3) is 0 Å². The molecule has 70 valence electrons. The van der Waals surface area contributed by atoms with E-state index in [0.29, 0.717) is 0 Å². The normalized spacial score (nSPS) is 22.1. The Labute approximate surface area is 80.2 Å². The zero-order valence-electron chi connectivity index (χ0n) is 8.22. The van der Waals surface area contributed by atoms with E-state index in [2.05, 4.69) is 36.5 Å². The van der Waals surface area contributed by atoms with Gasteiger partial charge in [-0.25, -0.2) is 0 Å². The average molecular weight is 175 g/mol. The van der Waals surface area contributed by atoms with Crippen molar-refractivity contribution >= 4 is 0 Å². The first-order chi connectivity index (χ1) is 6.34. The van der Waals surface area contributed by atoms with Crippen LogP contribution in [0.3, 0.4) is 0 Å². The molecule has 1 aliphatic rings. The van der Waals surface area contributed by atoms with E-state index in [1.54, 1.807) is 0 Å². The van der Waals surface area contributed by atoms with Crippen LogP contribution in [0.15, 0.2) is 24.3 Å². The van der Waals surface area contributed by atoms with Gasteiger partial charge in [-0.15, -0.1) is 0 Å². The monoisotopic (exact) mass is 175 g/mol. The number of aryl methyl sites for hydroxylation is 1. The highest BCUT2D eigenvalue weighted by Crippen LogP contribution is 2.12. The van der Waals surface area contributed by atoms with Crippen LogP contribution in [0.25, 0.3) is 0 Å². The summed E-state index contributed by atoms with van der Waals surface area (Å²) < 4.78 is 0. The molecule has 0 aromatic heterocycles. The second kappa shape index (κ2) is 3.93. The molecule has 0 radical (unpaired) electrons. The van der Waals surface area contributed by atoms with E-state index in [4.69, 9.17) is 0 Å². The Hall–Kier alpha value is -0.820. The quantitative estimate of drug-likeness (QED) is 0.727. The molecule has 2 rings (SSSR count). The van der Waals surface area contributed by atoms with Crippen molar-refractivity contribution in [1.82, 2.24) is 5.32 Å². The fourth-order valence-electron chi connectivity index (χ4n) is 1.94. The zero-order valence-corrected chi connectivity index (χ0v) is 8.22. The lowest BCUT2D eigenvalue weighted by Crippen LogP contribution is -2.23. The third kappa shape index (κ3) is 2.31. The molecule has 0 bridgehead atoms. The van der Waals surface area contributed by atoms with Gasteiger partial charge in [0.15, 0.2) is 0 Å². The summed E-state index contributed by atoms with van der Waals surface area (Å²) in [5, 5.41) is 3.52. The van der Waals surface area contributed by atoms with Crippen molar-refractivity contribution in [2.75, 3.05) is 6.54 Å². The van der Waals surface area contributed by atoms with Crippen molar-refractivity contribution in [1.29, 1.82) is 0 Å². The van der Waals surface area contributed by atoms with Crippen molar-refractivity contribution < 1.29 is 0 Å². The van der Waals surface area contributed by atoms with Gasteiger partial charge in [-0.2, -0.15) is 0 Å². The Morgan fingerprint density at radius 2 is 2.08 bits per heavy atom. The SMILES string of the molecule is Cc1ccc(C[C@@H]2CCCN2)cc1. The molecule has 1 fully saturated rings. The predicted molar refractivity (Wildman–Crippen MR) is 55.9 cm³/mol. The molecule has 1 N–H and O–H groups in total. The summed E-state index contributed by atoms with van der Waals surface area (Å²) in [6, 6.07) is 9.61. The van der Waals surface area contributed by atoms with Crippen LogP contribution >= 0.6 is 0 Å². The Morgan fingerprint density at radius 3 is 2.69 bits per heavy atom. The standard InChI is InChI=1S/C12H17N/c1-10-4-6-11(7-5-10)9-12-3-2-8-13-12/h4-7,12-13H,2-3,8-9H2,1H3/t12-/m0/s1.